The van der Waals surface area contributed by atoms with E-state index in [4.69, 9.17) is 4.74 Å². The number of methoxy groups -OCH3 is 1. The van der Waals surface area contributed by atoms with Gasteiger partial charge in [0.1, 0.15) is 0 Å². The lowest BCUT2D eigenvalue weighted by atomic mass is 9.99. The minimum Gasteiger partial charge on any atom is -0.481 e. The Morgan fingerprint density at radius 2 is 1.88 bits per heavy atom. The number of ether oxygens (including phenoxy) is 1. The maximum absolute atomic E-state index is 9.36. The average molecular weight is 420 g/mol. The Balaban J connectivity index is 1.91. The molecule has 0 saturated carbocycles. The van der Waals surface area contributed by atoms with E-state index in [1.165, 1.54) is 11.1 Å². The molecule has 0 atom stereocenters. The molecule has 0 saturated heterocycles. The average Bonchev–Trinajstić information content (AvgIpc) is 3.11. The van der Waals surface area contributed by atoms with Crippen molar-refractivity contribution in [3.63, 3.8) is 0 Å². The Morgan fingerprint density at radius 1 is 1.03 bits per heavy atom. The van der Waals surface area contributed by atoms with Crippen LogP contribution < -0.4 is 10.4 Å². The van der Waals surface area contributed by atoms with Gasteiger partial charge in [-0.25, -0.2) is 4.98 Å². The van der Waals surface area contributed by atoms with E-state index < -0.39 is 0 Å². The Morgan fingerprint density at radius 3 is 2.59 bits per heavy atom. The van der Waals surface area contributed by atoms with Crippen LogP contribution in [0.3, 0.4) is 0 Å². The second-order valence-electron chi connectivity index (χ2n) is 7.50. The number of nitriles is 1. The summed E-state index contributed by atoms with van der Waals surface area (Å²) in [5, 5.41) is 10.3. The zero-order chi connectivity index (χ0) is 22.2. The highest BCUT2D eigenvalue weighted by Gasteiger charge is 2.16. The number of fused-ring (bicyclic) bond motifs is 3. The van der Waals surface area contributed by atoms with Gasteiger partial charge in [0.15, 0.2) is 0 Å². The summed E-state index contributed by atoms with van der Waals surface area (Å²) < 4.78 is 9.02. The van der Waals surface area contributed by atoms with Crippen molar-refractivity contribution in [3.8, 4) is 28.9 Å². The Labute approximate surface area is 184 Å². The van der Waals surface area contributed by atoms with E-state index in [-0.39, 0.29) is 0 Å². The molecule has 156 valence electrons. The number of imidazole rings is 1. The summed E-state index contributed by atoms with van der Waals surface area (Å²) in [5.74, 6) is 0.515. The van der Waals surface area contributed by atoms with Gasteiger partial charge in [-0.2, -0.15) is 5.26 Å². The van der Waals surface area contributed by atoms with Crippen LogP contribution in [-0.4, -0.2) is 26.2 Å². The zero-order valence-corrected chi connectivity index (χ0v) is 17.9. The number of pyridine rings is 2. The van der Waals surface area contributed by atoms with Crippen molar-refractivity contribution in [1.29, 1.82) is 5.26 Å². The Hall–Kier alpha value is -4.44. The fraction of sp³-hybridized carbons (Fsp3) is 0.120. The molecule has 5 aromatic rings. The molecule has 2 aromatic carbocycles. The largest absolute Gasteiger partial charge is 0.481 e. The van der Waals surface area contributed by atoms with Gasteiger partial charge in [0.25, 0.3) is 0 Å². The monoisotopic (exact) mass is 420 g/mol. The molecule has 0 fully saturated rings. The topological polar surface area (TPSA) is 81.0 Å². The van der Waals surface area contributed by atoms with Crippen LogP contribution in [-0.2, 0) is 7.05 Å². The molecule has 3 aromatic heterocycles. The summed E-state index contributed by atoms with van der Waals surface area (Å²) in [7, 11) is 3.46. The van der Waals surface area contributed by atoms with Crippen molar-refractivity contribution in [2.24, 2.45) is 12.0 Å². The summed E-state index contributed by atoms with van der Waals surface area (Å²) in [5.41, 5.74) is 7.38. The number of nitrogens with zero attached hydrogens (tertiary/aromatic N) is 6. The van der Waals surface area contributed by atoms with E-state index in [0.29, 0.717) is 11.5 Å². The Kier molecular flexibility index (Phi) is 4.68. The fourth-order valence-corrected chi connectivity index (χ4v) is 4.11. The van der Waals surface area contributed by atoms with Gasteiger partial charge in [-0.1, -0.05) is 30.3 Å². The van der Waals surface area contributed by atoms with Crippen LogP contribution in [0, 0.1) is 18.4 Å². The molecule has 0 radical (unpaired) electrons. The standard InChI is InChI=1S/C25H20N6O/c1-16-6-4-5-7-19(16)17-8-10-21-20(12-17)24-22(14-27-21)30(2)25(29-15-26)31(24)18-9-11-23(32-3)28-13-18/h4-14H,1-3H3/b29-25-. The van der Waals surface area contributed by atoms with Crippen LogP contribution >= 0.6 is 0 Å². The maximum Gasteiger partial charge on any atom is 0.226 e. The lowest BCUT2D eigenvalue weighted by Gasteiger charge is -2.10. The fourth-order valence-electron chi connectivity index (χ4n) is 4.11. The molecule has 0 N–H and O–H groups in total. The first-order valence-corrected chi connectivity index (χ1v) is 10.1. The highest BCUT2D eigenvalue weighted by Crippen LogP contribution is 2.31. The summed E-state index contributed by atoms with van der Waals surface area (Å²) in [4.78, 5) is 13.1. The lowest BCUT2D eigenvalue weighted by Crippen LogP contribution is -2.22. The van der Waals surface area contributed by atoms with Gasteiger partial charge >= 0.3 is 0 Å². The number of rotatable bonds is 3. The second-order valence-corrected chi connectivity index (χ2v) is 7.50. The zero-order valence-electron chi connectivity index (χ0n) is 17.9. The van der Waals surface area contributed by atoms with Crippen molar-refractivity contribution < 1.29 is 4.74 Å². The number of benzene rings is 2. The first kappa shape index (κ1) is 19.5. The van der Waals surface area contributed by atoms with Gasteiger partial charge in [-0.15, -0.1) is 4.99 Å². The highest BCUT2D eigenvalue weighted by molar-refractivity contribution is 6.04. The van der Waals surface area contributed by atoms with Gasteiger partial charge in [0.05, 0.1) is 41.7 Å². The van der Waals surface area contributed by atoms with Crippen LogP contribution in [0.5, 0.6) is 5.88 Å². The third kappa shape index (κ3) is 3.01. The van der Waals surface area contributed by atoms with E-state index in [2.05, 4.69) is 46.1 Å². The second kappa shape index (κ2) is 7.67. The third-order valence-corrected chi connectivity index (χ3v) is 5.70. The van der Waals surface area contributed by atoms with Crippen molar-refractivity contribution in [2.45, 2.75) is 6.92 Å². The van der Waals surface area contributed by atoms with Crippen LogP contribution in [0.4, 0.5) is 0 Å². The summed E-state index contributed by atoms with van der Waals surface area (Å²) in [6.07, 6.45) is 5.46. The summed E-state index contributed by atoms with van der Waals surface area (Å²) in [6.45, 7) is 2.11. The van der Waals surface area contributed by atoms with Crippen LogP contribution in [0.1, 0.15) is 5.56 Å². The molecule has 3 heterocycles. The predicted molar refractivity (Wildman–Crippen MR) is 123 cm³/mol. The molecule has 0 aliphatic rings. The van der Waals surface area contributed by atoms with Crippen molar-refractivity contribution >= 4 is 21.9 Å². The van der Waals surface area contributed by atoms with E-state index >= 15 is 0 Å². The van der Waals surface area contributed by atoms with E-state index in [0.717, 1.165) is 33.2 Å². The van der Waals surface area contributed by atoms with E-state index in [1.54, 1.807) is 19.4 Å². The van der Waals surface area contributed by atoms with Gasteiger partial charge < -0.3 is 9.30 Å². The number of hydrogen-bond acceptors (Lipinski definition) is 5. The smallest absolute Gasteiger partial charge is 0.226 e. The summed E-state index contributed by atoms with van der Waals surface area (Å²) >= 11 is 0. The molecule has 7 heteroatoms. The van der Waals surface area contributed by atoms with Gasteiger partial charge in [0, 0.05) is 18.5 Å². The van der Waals surface area contributed by atoms with Crippen molar-refractivity contribution in [2.75, 3.05) is 7.11 Å². The van der Waals surface area contributed by atoms with Crippen LogP contribution in [0.15, 0.2) is 72.0 Å². The molecule has 32 heavy (non-hydrogen) atoms. The Bertz CT molecular complexity index is 1590. The van der Waals surface area contributed by atoms with Crippen molar-refractivity contribution in [1.82, 2.24) is 19.1 Å². The molecule has 0 aliphatic heterocycles. The van der Waals surface area contributed by atoms with Gasteiger partial charge in [-0.3, -0.25) is 9.55 Å². The molecule has 0 aliphatic carbocycles. The lowest BCUT2D eigenvalue weighted by molar-refractivity contribution is 0.398. The molecule has 0 spiro atoms. The predicted octanol–water partition coefficient (Wildman–Crippen LogP) is 4.28. The third-order valence-electron chi connectivity index (χ3n) is 5.70. The highest BCUT2D eigenvalue weighted by atomic mass is 16.5. The van der Waals surface area contributed by atoms with E-state index in [1.807, 2.05) is 52.8 Å². The summed E-state index contributed by atoms with van der Waals surface area (Å²) in [6, 6.07) is 18.3. The molecule has 0 unspecified atom stereocenters. The van der Waals surface area contributed by atoms with E-state index in [9.17, 15) is 5.26 Å². The number of aromatic nitrogens is 4. The maximum atomic E-state index is 9.36. The molecule has 7 nitrogen and oxygen atoms in total. The molecular weight excluding hydrogens is 400 g/mol. The normalized spacial score (nSPS) is 11.8. The molecule has 0 amide bonds. The minimum absolute atomic E-state index is 0.491. The first-order chi connectivity index (χ1) is 15.6. The molecule has 0 bridgehead atoms. The van der Waals surface area contributed by atoms with Gasteiger partial charge in [-0.05, 0) is 41.8 Å². The number of aryl methyl sites for hydroxylation is 2. The minimum atomic E-state index is 0.491. The molecule has 5 rings (SSSR count). The van der Waals surface area contributed by atoms with Crippen LogP contribution in [0.25, 0.3) is 38.8 Å². The SMILES string of the molecule is COc1ccc(-n2/c(=N\C#N)n(C)c3cnc4ccc(-c5ccccc5C)cc4c32)cn1. The number of hydrogen-bond donors (Lipinski definition) is 0. The van der Waals surface area contributed by atoms with Crippen molar-refractivity contribution in [3.05, 3.63) is 78.2 Å². The molecular formula is C25H20N6O. The first-order valence-electron chi connectivity index (χ1n) is 10.1. The van der Waals surface area contributed by atoms with Gasteiger partial charge in [0.2, 0.25) is 17.7 Å². The quantitative estimate of drug-likeness (QED) is 0.408. The van der Waals surface area contributed by atoms with Crippen LogP contribution in [0.2, 0.25) is 0 Å².